The van der Waals surface area contributed by atoms with E-state index in [-0.39, 0.29) is 17.9 Å². The molecule has 3 rings (SSSR count). The van der Waals surface area contributed by atoms with Crippen molar-refractivity contribution in [3.63, 3.8) is 0 Å². The highest BCUT2D eigenvalue weighted by Gasteiger charge is 2.25. The summed E-state index contributed by atoms with van der Waals surface area (Å²) in [6.45, 7) is 1.95. The molecule has 2 unspecified atom stereocenters. The Morgan fingerprint density at radius 2 is 2.20 bits per heavy atom. The first kappa shape index (κ1) is 12.9. The van der Waals surface area contributed by atoms with Crippen LogP contribution in [-0.2, 0) is 17.6 Å². The minimum absolute atomic E-state index is 0.0716. The van der Waals surface area contributed by atoms with Crippen LogP contribution in [-0.4, -0.2) is 15.9 Å². The molecule has 0 saturated carbocycles. The molecule has 1 heterocycles. The third-order valence-electron chi connectivity index (χ3n) is 4.01. The molecule has 20 heavy (non-hydrogen) atoms. The summed E-state index contributed by atoms with van der Waals surface area (Å²) < 4.78 is 0. The maximum atomic E-state index is 12.4. The predicted octanol–water partition coefficient (Wildman–Crippen LogP) is 2.39. The second kappa shape index (κ2) is 5.49. The number of fused-ring (bicyclic) bond motifs is 1. The fraction of sp³-hybridized carbons (Fsp3) is 0.375. The van der Waals surface area contributed by atoms with Crippen LogP contribution in [0.4, 0.5) is 0 Å². The van der Waals surface area contributed by atoms with Crippen molar-refractivity contribution < 1.29 is 4.79 Å². The second-order valence-corrected chi connectivity index (χ2v) is 5.41. The lowest BCUT2D eigenvalue weighted by Crippen LogP contribution is -2.36. The summed E-state index contributed by atoms with van der Waals surface area (Å²) in [6, 6.07) is 8.33. The number of nitrogens with one attached hydrogen (secondary N) is 2. The van der Waals surface area contributed by atoms with Crippen molar-refractivity contribution in [1.82, 2.24) is 15.3 Å². The number of H-pyrrole nitrogens is 1. The Morgan fingerprint density at radius 3 is 2.95 bits per heavy atom. The van der Waals surface area contributed by atoms with Crippen LogP contribution >= 0.6 is 0 Å². The molecule has 0 fully saturated rings. The lowest BCUT2D eigenvalue weighted by atomic mass is 9.83. The topological polar surface area (TPSA) is 57.8 Å². The molecule has 2 atom stereocenters. The van der Waals surface area contributed by atoms with Gasteiger partial charge in [-0.15, -0.1) is 0 Å². The molecule has 2 aromatic rings. The van der Waals surface area contributed by atoms with E-state index < -0.39 is 0 Å². The number of carbonyl (C=O) groups excluding carboxylic acids is 1. The van der Waals surface area contributed by atoms with Gasteiger partial charge in [-0.05, 0) is 37.3 Å². The number of hydrogen-bond acceptors (Lipinski definition) is 2. The number of nitrogens with zero attached hydrogens (tertiary/aromatic N) is 1. The first-order valence-corrected chi connectivity index (χ1v) is 7.10. The molecule has 1 amide bonds. The fourth-order valence-corrected chi connectivity index (χ4v) is 2.84. The largest absolute Gasteiger partial charge is 0.347 e. The number of imidazole rings is 1. The highest BCUT2D eigenvalue weighted by Crippen LogP contribution is 2.25. The van der Waals surface area contributed by atoms with Crippen molar-refractivity contribution >= 4 is 5.91 Å². The van der Waals surface area contributed by atoms with E-state index in [9.17, 15) is 4.79 Å². The number of benzene rings is 1. The maximum Gasteiger partial charge on any atom is 0.224 e. The van der Waals surface area contributed by atoms with Gasteiger partial charge in [-0.25, -0.2) is 4.98 Å². The van der Waals surface area contributed by atoms with Gasteiger partial charge in [0.2, 0.25) is 5.91 Å². The molecule has 4 nitrogen and oxygen atoms in total. The summed E-state index contributed by atoms with van der Waals surface area (Å²) >= 11 is 0. The molecule has 1 aromatic carbocycles. The van der Waals surface area contributed by atoms with Gasteiger partial charge in [-0.3, -0.25) is 4.79 Å². The van der Waals surface area contributed by atoms with Crippen LogP contribution in [0.25, 0.3) is 0 Å². The molecule has 1 aliphatic carbocycles. The van der Waals surface area contributed by atoms with Crippen molar-refractivity contribution in [2.75, 3.05) is 0 Å². The Balaban J connectivity index is 1.64. The number of aromatic amines is 1. The zero-order chi connectivity index (χ0) is 13.9. The Morgan fingerprint density at radius 1 is 1.40 bits per heavy atom. The predicted molar refractivity (Wildman–Crippen MR) is 77.1 cm³/mol. The lowest BCUT2D eigenvalue weighted by molar-refractivity contribution is -0.126. The Kier molecular flexibility index (Phi) is 3.54. The van der Waals surface area contributed by atoms with E-state index in [2.05, 4.69) is 33.5 Å². The van der Waals surface area contributed by atoms with Crippen LogP contribution in [0.5, 0.6) is 0 Å². The van der Waals surface area contributed by atoms with Gasteiger partial charge in [0, 0.05) is 18.3 Å². The summed E-state index contributed by atoms with van der Waals surface area (Å²) in [7, 11) is 0. The summed E-state index contributed by atoms with van der Waals surface area (Å²) in [4.78, 5) is 19.6. The van der Waals surface area contributed by atoms with Crippen LogP contribution in [0.1, 0.15) is 36.3 Å². The third kappa shape index (κ3) is 2.59. The van der Waals surface area contributed by atoms with Crippen LogP contribution < -0.4 is 5.32 Å². The number of hydrogen-bond donors (Lipinski definition) is 2. The van der Waals surface area contributed by atoms with Gasteiger partial charge >= 0.3 is 0 Å². The van der Waals surface area contributed by atoms with E-state index in [0.717, 1.165) is 25.1 Å². The van der Waals surface area contributed by atoms with Crippen LogP contribution in [0.15, 0.2) is 36.7 Å². The third-order valence-corrected chi connectivity index (χ3v) is 4.01. The van der Waals surface area contributed by atoms with E-state index in [4.69, 9.17) is 0 Å². The van der Waals surface area contributed by atoms with Crippen molar-refractivity contribution in [3.05, 3.63) is 53.6 Å². The zero-order valence-electron chi connectivity index (χ0n) is 11.6. The maximum absolute atomic E-state index is 12.4. The van der Waals surface area contributed by atoms with Crippen molar-refractivity contribution in [2.45, 2.75) is 32.2 Å². The Labute approximate surface area is 118 Å². The van der Waals surface area contributed by atoms with Gasteiger partial charge in [0.25, 0.3) is 0 Å². The minimum Gasteiger partial charge on any atom is -0.347 e. The molecule has 0 bridgehead atoms. The standard InChI is InChI=1S/C16H19N3O/c1-11(15-17-8-9-18-15)19-16(20)14-7-6-12-4-2-3-5-13(12)10-14/h2-5,8-9,11,14H,6-7,10H2,1H3,(H,17,18)(H,19,20). The van der Waals surface area contributed by atoms with E-state index in [1.807, 2.05) is 13.0 Å². The van der Waals surface area contributed by atoms with Crippen LogP contribution in [0.2, 0.25) is 0 Å². The summed E-state index contributed by atoms with van der Waals surface area (Å²) in [5.74, 6) is 1.00. The molecule has 0 spiro atoms. The number of amides is 1. The van der Waals surface area contributed by atoms with Crippen LogP contribution in [0, 0.1) is 5.92 Å². The highest BCUT2D eigenvalue weighted by atomic mass is 16.1. The molecule has 1 aliphatic rings. The summed E-state index contributed by atoms with van der Waals surface area (Å²) in [5.41, 5.74) is 2.69. The molecule has 2 N–H and O–H groups in total. The number of rotatable bonds is 3. The molecule has 4 heteroatoms. The Hall–Kier alpha value is -2.10. The van der Waals surface area contributed by atoms with Gasteiger partial charge in [0.05, 0.1) is 6.04 Å². The van der Waals surface area contributed by atoms with Gasteiger partial charge in [-0.1, -0.05) is 24.3 Å². The first-order chi connectivity index (χ1) is 9.74. The second-order valence-electron chi connectivity index (χ2n) is 5.41. The summed E-state index contributed by atoms with van der Waals surface area (Å²) in [5, 5.41) is 3.05. The van der Waals surface area contributed by atoms with Crippen molar-refractivity contribution in [2.24, 2.45) is 5.92 Å². The normalized spacial score (nSPS) is 19.1. The quantitative estimate of drug-likeness (QED) is 0.899. The molecule has 0 saturated heterocycles. The monoisotopic (exact) mass is 269 g/mol. The van der Waals surface area contributed by atoms with Gasteiger partial charge in [0.15, 0.2) is 0 Å². The minimum atomic E-state index is -0.0744. The molecular weight excluding hydrogens is 250 g/mol. The number of aromatic nitrogens is 2. The lowest BCUT2D eigenvalue weighted by Gasteiger charge is -2.25. The zero-order valence-corrected chi connectivity index (χ0v) is 11.6. The SMILES string of the molecule is CC(NC(=O)C1CCc2ccccc2C1)c1ncc[nH]1. The van der Waals surface area contributed by atoms with Crippen LogP contribution in [0.3, 0.4) is 0 Å². The summed E-state index contributed by atoms with van der Waals surface area (Å²) in [6.07, 6.45) is 6.23. The number of carbonyl (C=O) groups is 1. The fourth-order valence-electron chi connectivity index (χ4n) is 2.84. The van der Waals surface area contributed by atoms with E-state index in [0.29, 0.717) is 0 Å². The van der Waals surface area contributed by atoms with Gasteiger partial charge in [0.1, 0.15) is 5.82 Å². The molecule has 1 aromatic heterocycles. The average Bonchev–Trinajstić information content (AvgIpc) is 3.01. The highest BCUT2D eigenvalue weighted by molar-refractivity contribution is 5.79. The van der Waals surface area contributed by atoms with Gasteiger partial charge in [-0.2, -0.15) is 0 Å². The van der Waals surface area contributed by atoms with E-state index in [1.165, 1.54) is 11.1 Å². The first-order valence-electron chi connectivity index (χ1n) is 7.10. The van der Waals surface area contributed by atoms with Crippen molar-refractivity contribution in [3.8, 4) is 0 Å². The van der Waals surface area contributed by atoms with E-state index in [1.54, 1.807) is 12.4 Å². The van der Waals surface area contributed by atoms with Gasteiger partial charge < -0.3 is 10.3 Å². The molecule has 0 radical (unpaired) electrons. The molecule has 0 aliphatic heterocycles. The average molecular weight is 269 g/mol. The van der Waals surface area contributed by atoms with Crippen molar-refractivity contribution in [1.29, 1.82) is 0 Å². The Bertz CT molecular complexity index is 592. The molecule has 104 valence electrons. The molecular formula is C16H19N3O. The number of aryl methyl sites for hydroxylation is 1. The smallest absolute Gasteiger partial charge is 0.224 e. The van der Waals surface area contributed by atoms with E-state index >= 15 is 0 Å².